The van der Waals surface area contributed by atoms with Crippen LogP contribution in [0.3, 0.4) is 0 Å². The summed E-state index contributed by atoms with van der Waals surface area (Å²) in [6.07, 6.45) is 0.992. The Kier molecular flexibility index (Phi) is 6.96. The molecule has 1 aliphatic rings. The van der Waals surface area contributed by atoms with Crippen LogP contribution in [0.15, 0.2) is 35.8 Å². The molecule has 25 heavy (non-hydrogen) atoms. The van der Waals surface area contributed by atoms with Gasteiger partial charge in [-0.2, -0.15) is 0 Å². The van der Waals surface area contributed by atoms with Crippen molar-refractivity contribution in [1.29, 1.82) is 0 Å². The van der Waals surface area contributed by atoms with Crippen LogP contribution in [-0.2, 0) is 9.53 Å². The molecule has 1 amide bonds. The van der Waals surface area contributed by atoms with Crippen molar-refractivity contribution in [2.24, 2.45) is 11.7 Å². The van der Waals surface area contributed by atoms with Crippen molar-refractivity contribution < 1.29 is 13.9 Å². The van der Waals surface area contributed by atoms with E-state index in [0.29, 0.717) is 18.0 Å². The van der Waals surface area contributed by atoms with E-state index in [0.717, 1.165) is 18.7 Å². The standard InChI is InChI=1S/C19H28FN3O2/c1-12(2)4-9-16(20)18(21)19(24)23-15-7-5-14(6-8-15)17-11-22-10-13(3)25-17/h5-8,12-13,17,22H,4,9-11,21H2,1-3H3,(H,23,24)/b18-16+/t13-,17-/m1/s1. The van der Waals surface area contributed by atoms with Gasteiger partial charge in [0.05, 0.1) is 12.2 Å². The lowest BCUT2D eigenvalue weighted by molar-refractivity contribution is -0.113. The lowest BCUT2D eigenvalue weighted by Gasteiger charge is -2.29. The van der Waals surface area contributed by atoms with E-state index in [9.17, 15) is 9.18 Å². The molecule has 0 aromatic heterocycles. The minimum absolute atomic E-state index is 0.00746. The van der Waals surface area contributed by atoms with E-state index in [1.807, 2.05) is 32.9 Å². The van der Waals surface area contributed by atoms with Gasteiger partial charge in [-0.25, -0.2) is 4.39 Å². The molecule has 1 aliphatic heterocycles. The first-order chi connectivity index (χ1) is 11.9. The van der Waals surface area contributed by atoms with Gasteiger partial charge in [-0.15, -0.1) is 0 Å². The molecule has 5 nitrogen and oxygen atoms in total. The van der Waals surface area contributed by atoms with Gasteiger partial charge in [0.1, 0.15) is 11.5 Å². The minimum atomic E-state index is -0.613. The molecular weight excluding hydrogens is 321 g/mol. The third kappa shape index (κ3) is 5.83. The third-order valence-electron chi connectivity index (χ3n) is 4.18. The molecule has 0 radical (unpaired) electrons. The molecule has 2 rings (SSSR count). The SMILES string of the molecule is CC(C)CC/C(F)=C(\N)C(=O)Nc1ccc([C@H]2CNC[C@@H](C)O2)cc1. The van der Waals surface area contributed by atoms with Crippen LogP contribution in [-0.4, -0.2) is 25.1 Å². The molecule has 6 heteroatoms. The first kappa shape index (κ1) is 19.4. The highest BCUT2D eigenvalue weighted by molar-refractivity contribution is 6.03. The van der Waals surface area contributed by atoms with Gasteiger partial charge in [-0.3, -0.25) is 4.79 Å². The molecule has 0 unspecified atom stereocenters. The largest absolute Gasteiger partial charge is 0.392 e. The Morgan fingerprint density at radius 1 is 1.36 bits per heavy atom. The fourth-order valence-corrected chi connectivity index (χ4v) is 2.64. The van der Waals surface area contributed by atoms with Gasteiger partial charge < -0.3 is 21.1 Å². The van der Waals surface area contributed by atoms with Gasteiger partial charge in [0.15, 0.2) is 0 Å². The molecule has 1 saturated heterocycles. The van der Waals surface area contributed by atoms with Gasteiger partial charge in [-0.05, 0) is 37.0 Å². The Hall–Kier alpha value is -1.92. The molecule has 1 fully saturated rings. The normalized spacial score (nSPS) is 21.8. The average Bonchev–Trinajstić information content (AvgIpc) is 2.59. The van der Waals surface area contributed by atoms with E-state index in [4.69, 9.17) is 10.5 Å². The number of benzene rings is 1. The molecule has 0 aliphatic carbocycles. The lowest BCUT2D eigenvalue weighted by Crippen LogP contribution is -2.38. The van der Waals surface area contributed by atoms with Crippen LogP contribution < -0.4 is 16.4 Å². The number of morpholine rings is 1. The summed E-state index contributed by atoms with van der Waals surface area (Å²) >= 11 is 0. The van der Waals surface area contributed by atoms with Crippen molar-refractivity contribution in [3.05, 3.63) is 41.4 Å². The number of allylic oxidation sites excluding steroid dienone is 1. The summed E-state index contributed by atoms with van der Waals surface area (Å²) in [5.41, 5.74) is 6.88. The Morgan fingerprint density at radius 3 is 2.64 bits per heavy atom. The predicted octanol–water partition coefficient (Wildman–Crippen LogP) is 3.25. The number of hydrogen-bond donors (Lipinski definition) is 3. The number of nitrogens with one attached hydrogen (secondary N) is 2. The van der Waals surface area contributed by atoms with Crippen LogP contribution in [0.1, 0.15) is 45.3 Å². The summed E-state index contributed by atoms with van der Waals surface area (Å²) in [6, 6.07) is 7.34. The van der Waals surface area contributed by atoms with E-state index in [1.54, 1.807) is 12.1 Å². The molecule has 138 valence electrons. The molecule has 1 aromatic rings. The summed E-state index contributed by atoms with van der Waals surface area (Å²) in [4.78, 5) is 12.1. The Morgan fingerprint density at radius 2 is 2.04 bits per heavy atom. The number of ether oxygens (including phenoxy) is 1. The van der Waals surface area contributed by atoms with Crippen molar-refractivity contribution in [3.8, 4) is 0 Å². The zero-order valence-electron chi connectivity index (χ0n) is 15.1. The van der Waals surface area contributed by atoms with Crippen molar-refractivity contribution in [3.63, 3.8) is 0 Å². The van der Waals surface area contributed by atoms with Gasteiger partial charge in [0.25, 0.3) is 5.91 Å². The lowest BCUT2D eigenvalue weighted by atomic mass is 10.1. The van der Waals surface area contributed by atoms with Crippen molar-refractivity contribution in [1.82, 2.24) is 5.32 Å². The van der Waals surface area contributed by atoms with E-state index in [2.05, 4.69) is 10.6 Å². The van der Waals surface area contributed by atoms with Crippen LogP contribution in [0.25, 0.3) is 0 Å². The topological polar surface area (TPSA) is 76.4 Å². The van der Waals surface area contributed by atoms with E-state index >= 15 is 0 Å². The first-order valence-corrected chi connectivity index (χ1v) is 8.78. The third-order valence-corrected chi connectivity index (χ3v) is 4.18. The second kappa shape index (κ2) is 8.97. The van der Waals surface area contributed by atoms with E-state index < -0.39 is 11.7 Å². The van der Waals surface area contributed by atoms with Gasteiger partial charge in [0, 0.05) is 25.2 Å². The highest BCUT2D eigenvalue weighted by atomic mass is 19.1. The number of carbonyl (C=O) groups is 1. The summed E-state index contributed by atoms with van der Waals surface area (Å²) in [7, 11) is 0. The maximum atomic E-state index is 13.9. The minimum Gasteiger partial charge on any atom is -0.392 e. The zero-order valence-corrected chi connectivity index (χ0v) is 15.1. The van der Waals surface area contributed by atoms with E-state index in [1.165, 1.54) is 0 Å². The highest BCUT2D eigenvalue weighted by Gasteiger charge is 2.20. The maximum absolute atomic E-state index is 13.9. The monoisotopic (exact) mass is 349 g/mol. The van der Waals surface area contributed by atoms with Crippen molar-refractivity contribution in [2.75, 3.05) is 18.4 Å². The van der Waals surface area contributed by atoms with Crippen LogP contribution in [0, 0.1) is 5.92 Å². The Bertz CT molecular complexity index is 614. The van der Waals surface area contributed by atoms with Crippen LogP contribution in [0.4, 0.5) is 10.1 Å². The Balaban J connectivity index is 1.96. The summed E-state index contributed by atoms with van der Waals surface area (Å²) in [5, 5.41) is 5.95. The van der Waals surface area contributed by atoms with Gasteiger partial charge in [-0.1, -0.05) is 26.0 Å². The van der Waals surface area contributed by atoms with Crippen molar-refractivity contribution in [2.45, 2.75) is 45.8 Å². The molecule has 0 saturated carbocycles. The molecule has 1 heterocycles. The number of nitrogens with two attached hydrogens (primary N) is 1. The van der Waals surface area contributed by atoms with Gasteiger partial charge >= 0.3 is 0 Å². The van der Waals surface area contributed by atoms with E-state index in [-0.39, 0.29) is 24.3 Å². The van der Waals surface area contributed by atoms with Gasteiger partial charge in [0.2, 0.25) is 0 Å². The number of carbonyl (C=O) groups excluding carboxylic acids is 1. The van der Waals surface area contributed by atoms with Crippen LogP contribution in [0.2, 0.25) is 0 Å². The number of halogens is 1. The fraction of sp³-hybridized carbons (Fsp3) is 0.526. The highest BCUT2D eigenvalue weighted by Crippen LogP contribution is 2.23. The Labute approximate surface area is 148 Å². The number of anilines is 1. The second-order valence-corrected chi connectivity index (χ2v) is 6.92. The quantitative estimate of drug-likeness (QED) is 0.689. The van der Waals surface area contributed by atoms with Crippen LogP contribution >= 0.6 is 0 Å². The summed E-state index contributed by atoms with van der Waals surface area (Å²) in [6.45, 7) is 7.62. The van der Waals surface area contributed by atoms with Crippen LogP contribution in [0.5, 0.6) is 0 Å². The molecular formula is C19H28FN3O2. The molecule has 0 bridgehead atoms. The number of rotatable bonds is 6. The zero-order chi connectivity index (χ0) is 18.4. The average molecular weight is 349 g/mol. The predicted molar refractivity (Wildman–Crippen MR) is 97.6 cm³/mol. The summed E-state index contributed by atoms with van der Waals surface area (Å²) in [5.74, 6) is -0.815. The number of amides is 1. The fourth-order valence-electron chi connectivity index (χ4n) is 2.64. The molecule has 0 spiro atoms. The maximum Gasteiger partial charge on any atom is 0.274 e. The second-order valence-electron chi connectivity index (χ2n) is 6.92. The van der Waals surface area contributed by atoms with Crippen molar-refractivity contribution >= 4 is 11.6 Å². The smallest absolute Gasteiger partial charge is 0.274 e. The molecule has 4 N–H and O–H groups in total. The molecule has 2 atom stereocenters. The number of hydrogen-bond acceptors (Lipinski definition) is 4. The summed E-state index contributed by atoms with van der Waals surface area (Å²) < 4.78 is 19.8. The first-order valence-electron chi connectivity index (χ1n) is 8.78. The molecule has 1 aromatic carbocycles.